The molecule has 4 nitrogen and oxygen atoms in total. The number of hydrogen-bond donors (Lipinski definition) is 2. The highest BCUT2D eigenvalue weighted by atomic mass is 16.2. The molecule has 0 saturated carbocycles. The molecule has 0 rings (SSSR count). The summed E-state index contributed by atoms with van der Waals surface area (Å²) in [6.07, 6.45) is 0. The second-order valence-corrected chi connectivity index (χ2v) is 2.97. The van der Waals surface area contributed by atoms with Gasteiger partial charge in [-0.15, -0.1) is 0 Å². The Balaban J connectivity index is 3.38. The summed E-state index contributed by atoms with van der Waals surface area (Å²) in [5, 5.41) is 4.64. The number of carbonyl (C=O) groups is 1. The predicted octanol–water partition coefficient (Wildman–Crippen LogP) is -0.423. The van der Waals surface area contributed by atoms with Crippen LogP contribution >= 0.6 is 0 Å². The third kappa shape index (κ3) is 7.29. The maximum atomic E-state index is 10.9. The molecule has 11 heavy (non-hydrogen) atoms. The van der Waals surface area contributed by atoms with Crippen LogP contribution in [0, 0.1) is 0 Å². The highest BCUT2D eigenvalue weighted by Crippen LogP contribution is 1.74. The molecule has 4 heteroatoms. The van der Waals surface area contributed by atoms with Gasteiger partial charge in [-0.05, 0) is 0 Å². The van der Waals surface area contributed by atoms with Gasteiger partial charge >= 0.3 is 0 Å². The standard InChI is InChI=1S/C7H17N3O/c1-6(2)8-5-7(11)9-10(3)4/h6,8H,5H2,1-4H3,(H,9,11). The van der Waals surface area contributed by atoms with Gasteiger partial charge < -0.3 is 5.32 Å². The van der Waals surface area contributed by atoms with Gasteiger partial charge in [0.15, 0.2) is 0 Å². The third-order valence-corrected chi connectivity index (χ3v) is 1.02. The topological polar surface area (TPSA) is 44.4 Å². The zero-order chi connectivity index (χ0) is 8.85. The number of rotatable bonds is 4. The molecule has 0 atom stereocenters. The molecular formula is C7H17N3O. The number of amides is 1. The van der Waals surface area contributed by atoms with Crippen molar-refractivity contribution in [2.45, 2.75) is 19.9 Å². The lowest BCUT2D eigenvalue weighted by atomic mass is 10.4. The van der Waals surface area contributed by atoms with Crippen LogP contribution in [-0.2, 0) is 4.79 Å². The lowest BCUT2D eigenvalue weighted by Gasteiger charge is -2.13. The van der Waals surface area contributed by atoms with Crippen molar-refractivity contribution in [3.8, 4) is 0 Å². The van der Waals surface area contributed by atoms with Gasteiger partial charge in [0.1, 0.15) is 0 Å². The summed E-state index contributed by atoms with van der Waals surface area (Å²) in [4.78, 5) is 10.9. The smallest absolute Gasteiger partial charge is 0.248 e. The van der Waals surface area contributed by atoms with Crippen LogP contribution in [0.4, 0.5) is 0 Å². The lowest BCUT2D eigenvalue weighted by molar-refractivity contribution is -0.124. The summed E-state index contributed by atoms with van der Waals surface area (Å²) in [6, 6.07) is 0.350. The van der Waals surface area contributed by atoms with E-state index in [1.807, 2.05) is 13.8 Å². The minimum absolute atomic E-state index is 0.0105. The minimum Gasteiger partial charge on any atom is -0.306 e. The zero-order valence-electron chi connectivity index (χ0n) is 7.64. The maximum absolute atomic E-state index is 10.9. The Kier molecular flexibility index (Phi) is 4.81. The van der Waals surface area contributed by atoms with Crippen LogP contribution < -0.4 is 10.7 Å². The van der Waals surface area contributed by atoms with Crippen LogP contribution in [0.1, 0.15) is 13.8 Å². The fourth-order valence-corrected chi connectivity index (χ4v) is 0.586. The molecule has 0 radical (unpaired) electrons. The zero-order valence-corrected chi connectivity index (χ0v) is 7.64. The lowest BCUT2D eigenvalue weighted by Crippen LogP contribution is -2.43. The van der Waals surface area contributed by atoms with E-state index in [2.05, 4.69) is 10.7 Å². The predicted molar refractivity (Wildman–Crippen MR) is 45.0 cm³/mol. The van der Waals surface area contributed by atoms with Crippen molar-refractivity contribution in [2.24, 2.45) is 0 Å². The molecule has 0 bridgehead atoms. The molecular weight excluding hydrogens is 142 g/mol. The Morgan fingerprint density at radius 2 is 2.00 bits per heavy atom. The Morgan fingerprint density at radius 1 is 1.45 bits per heavy atom. The van der Waals surface area contributed by atoms with Gasteiger partial charge in [0.2, 0.25) is 5.91 Å². The first kappa shape index (κ1) is 10.4. The van der Waals surface area contributed by atoms with Gasteiger partial charge in [-0.25, -0.2) is 5.01 Å². The van der Waals surface area contributed by atoms with E-state index in [9.17, 15) is 4.79 Å². The van der Waals surface area contributed by atoms with Gasteiger partial charge in [-0.3, -0.25) is 10.2 Å². The molecule has 0 spiro atoms. The average molecular weight is 159 g/mol. The molecule has 1 amide bonds. The molecule has 0 heterocycles. The van der Waals surface area contributed by atoms with E-state index in [4.69, 9.17) is 0 Å². The summed E-state index contributed by atoms with van der Waals surface area (Å²) in [7, 11) is 3.57. The summed E-state index contributed by atoms with van der Waals surface area (Å²) in [5.74, 6) is -0.0105. The summed E-state index contributed by atoms with van der Waals surface area (Å²) < 4.78 is 0. The van der Waals surface area contributed by atoms with Gasteiger partial charge in [0.25, 0.3) is 0 Å². The molecule has 66 valence electrons. The number of carbonyl (C=O) groups excluding carboxylic acids is 1. The Morgan fingerprint density at radius 3 is 2.36 bits per heavy atom. The largest absolute Gasteiger partial charge is 0.306 e. The molecule has 0 fully saturated rings. The fraction of sp³-hybridized carbons (Fsp3) is 0.857. The molecule has 0 aromatic rings. The fourth-order valence-electron chi connectivity index (χ4n) is 0.586. The number of nitrogens with zero attached hydrogens (tertiary/aromatic N) is 1. The molecule has 0 saturated heterocycles. The number of hydrazine groups is 1. The van der Waals surface area contributed by atoms with E-state index in [0.29, 0.717) is 12.6 Å². The van der Waals surface area contributed by atoms with Crippen molar-refractivity contribution in [1.82, 2.24) is 15.8 Å². The Hall–Kier alpha value is -0.610. The van der Waals surface area contributed by atoms with E-state index in [1.165, 1.54) is 0 Å². The van der Waals surface area contributed by atoms with E-state index >= 15 is 0 Å². The van der Waals surface area contributed by atoms with Gasteiger partial charge in [-0.1, -0.05) is 13.8 Å². The van der Waals surface area contributed by atoms with Crippen LogP contribution in [0.25, 0.3) is 0 Å². The second-order valence-electron chi connectivity index (χ2n) is 2.97. The maximum Gasteiger partial charge on any atom is 0.248 e. The van der Waals surface area contributed by atoms with Crippen molar-refractivity contribution >= 4 is 5.91 Å². The van der Waals surface area contributed by atoms with Crippen molar-refractivity contribution in [3.05, 3.63) is 0 Å². The highest BCUT2D eigenvalue weighted by molar-refractivity contribution is 5.77. The molecule has 0 aromatic heterocycles. The SMILES string of the molecule is CC(C)NCC(=O)NN(C)C. The first-order valence-electron chi connectivity index (χ1n) is 3.72. The molecule has 0 aliphatic heterocycles. The van der Waals surface area contributed by atoms with Crippen LogP contribution in [0.3, 0.4) is 0 Å². The van der Waals surface area contributed by atoms with E-state index < -0.39 is 0 Å². The highest BCUT2D eigenvalue weighted by Gasteiger charge is 2.01. The normalized spacial score (nSPS) is 10.7. The minimum atomic E-state index is -0.0105. The monoisotopic (exact) mass is 159 g/mol. The quantitative estimate of drug-likeness (QED) is 0.547. The molecule has 0 aliphatic carbocycles. The van der Waals surface area contributed by atoms with Crippen molar-refractivity contribution < 1.29 is 4.79 Å². The molecule has 0 aromatic carbocycles. The van der Waals surface area contributed by atoms with Crippen molar-refractivity contribution in [2.75, 3.05) is 20.6 Å². The number of nitrogens with one attached hydrogen (secondary N) is 2. The van der Waals surface area contributed by atoms with E-state index in [1.54, 1.807) is 19.1 Å². The van der Waals surface area contributed by atoms with Gasteiger partial charge in [0.05, 0.1) is 6.54 Å². The van der Waals surface area contributed by atoms with E-state index in [-0.39, 0.29) is 5.91 Å². The third-order valence-electron chi connectivity index (χ3n) is 1.02. The van der Waals surface area contributed by atoms with Gasteiger partial charge in [0, 0.05) is 20.1 Å². The van der Waals surface area contributed by atoms with Crippen molar-refractivity contribution in [3.63, 3.8) is 0 Å². The van der Waals surface area contributed by atoms with Crippen LogP contribution in [0.2, 0.25) is 0 Å². The first-order chi connectivity index (χ1) is 5.02. The van der Waals surface area contributed by atoms with Gasteiger partial charge in [-0.2, -0.15) is 0 Å². The molecule has 0 unspecified atom stereocenters. The Labute approximate surface area is 67.9 Å². The van der Waals surface area contributed by atoms with E-state index in [0.717, 1.165) is 0 Å². The summed E-state index contributed by atoms with van der Waals surface area (Å²) in [5.41, 5.74) is 2.63. The van der Waals surface area contributed by atoms with Crippen LogP contribution in [0.15, 0.2) is 0 Å². The first-order valence-corrected chi connectivity index (χ1v) is 3.72. The molecule has 0 aliphatic rings. The van der Waals surface area contributed by atoms with Crippen molar-refractivity contribution in [1.29, 1.82) is 0 Å². The Bertz CT molecular complexity index is 123. The summed E-state index contributed by atoms with van der Waals surface area (Å²) in [6.45, 7) is 4.38. The number of hydrogen-bond acceptors (Lipinski definition) is 3. The average Bonchev–Trinajstić information content (AvgIpc) is 1.82. The molecule has 2 N–H and O–H groups in total. The summed E-state index contributed by atoms with van der Waals surface area (Å²) >= 11 is 0. The van der Waals surface area contributed by atoms with Crippen LogP contribution in [0.5, 0.6) is 0 Å². The second kappa shape index (κ2) is 5.09. The van der Waals surface area contributed by atoms with Crippen LogP contribution in [-0.4, -0.2) is 37.6 Å².